The van der Waals surface area contributed by atoms with Gasteiger partial charge in [0.25, 0.3) is 0 Å². The van der Waals surface area contributed by atoms with Crippen LogP contribution in [0.2, 0.25) is 0 Å². The maximum absolute atomic E-state index is 12.0. The Morgan fingerprint density at radius 1 is 1.09 bits per heavy atom. The van der Waals surface area contributed by atoms with Gasteiger partial charge in [0.2, 0.25) is 10.0 Å². The van der Waals surface area contributed by atoms with Crippen molar-refractivity contribution in [3.63, 3.8) is 0 Å². The van der Waals surface area contributed by atoms with Crippen LogP contribution >= 0.6 is 0 Å². The third-order valence-electron chi connectivity index (χ3n) is 6.76. The molecule has 3 aliphatic rings. The Kier molecular flexibility index (Phi) is 6.40. The van der Waals surface area contributed by atoms with E-state index in [1.54, 1.807) is 0 Å². The van der Waals surface area contributed by atoms with Gasteiger partial charge in [-0.1, -0.05) is 30.3 Å². The lowest BCUT2D eigenvalue weighted by molar-refractivity contribution is 0.0500. The lowest BCUT2D eigenvalue weighted by Crippen LogP contribution is -2.52. The van der Waals surface area contributed by atoms with Crippen molar-refractivity contribution in [1.82, 2.24) is 9.62 Å². The Morgan fingerprint density at radius 2 is 1.91 bits per heavy atom. The zero-order valence-electron chi connectivity index (χ0n) is 18.4. The maximum atomic E-state index is 12.0. The molecule has 6 nitrogen and oxygen atoms in total. The first-order chi connectivity index (χ1) is 15.6. The molecule has 1 aliphatic carbocycles. The molecule has 2 aromatic carbocycles. The summed E-state index contributed by atoms with van der Waals surface area (Å²) in [5.41, 5.74) is 2.51. The summed E-state index contributed by atoms with van der Waals surface area (Å²) in [4.78, 5) is 2.53. The standard InChI is InChI=1S/C25H32N2O4S/c28-32(29,18-20-7-8-20)26-11-14-30-21-9-10-25-23(16-21)22(15-19-5-2-1-3-6-19)24(17-31-25)27-12-4-13-27/h1-3,5-6,9-10,16,20,22,24,26H,4,7-8,11-15,17-18H2. The van der Waals surface area contributed by atoms with Crippen molar-refractivity contribution in [2.75, 3.05) is 38.6 Å². The summed E-state index contributed by atoms with van der Waals surface area (Å²) in [6, 6.07) is 17.0. The summed E-state index contributed by atoms with van der Waals surface area (Å²) in [7, 11) is -3.20. The van der Waals surface area contributed by atoms with Gasteiger partial charge in [0.05, 0.1) is 11.8 Å². The van der Waals surface area contributed by atoms with Gasteiger partial charge in [0, 0.05) is 18.0 Å². The average molecular weight is 457 g/mol. The minimum absolute atomic E-state index is 0.238. The highest BCUT2D eigenvalue weighted by Crippen LogP contribution is 2.41. The average Bonchev–Trinajstić information content (AvgIpc) is 3.55. The fourth-order valence-electron chi connectivity index (χ4n) is 4.70. The molecule has 0 bridgehead atoms. The van der Waals surface area contributed by atoms with E-state index in [0.717, 1.165) is 43.9 Å². The van der Waals surface area contributed by atoms with E-state index in [1.165, 1.54) is 17.5 Å². The van der Waals surface area contributed by atoms with Crippen LogP contribution in [0.1, 0.15) is 36.3 Å². The molecule has 7 heteroatoms. The molecule has 1 saturated heterocycles. The van der Waals surface area contributed by atoms with E-state index in [4.69, 9.17) is 9.47 Å². The molecule has 2 aliphatic heterocycles. The maximum Gasteiger partial charge on any atom is 0.211 e. The number of sulfonamides is 1. The van der Waals surface area contributed by atoms with E-state index in [2.05, 4.69) is 46.0 Å². The number of nitrogens with one attached hydrogen (secondary N) is 1. The molecule has 1 saturated carbocycles. The first-order valence-corrected chi connectivity index (χ1v) is 13.4. The van der Waals surface area contributed by atoms with Crippen molar-refractivity contribution in [1.29, 1.82) is 0 Å². The quantitative estimate of drug-likeness (QED) is 0.556. The molecule has 2 aromatic rings. The van der Waals surface area contributed by atoms with Crippen LogP contribution < -0.4 is 14.2 Å². The van der Waals surface area contributed by atoms with Gasteiger partial charge in [-0.15, -0.1) is 0 Å². The van der Waals surface area contributed by atoms with Gasteiger partial charge >= 0.3 is 0 Å². The van der Waals surface area contributed by atoms with E-state index >= 15 is 0 Å². The lowest BCUT2D eigenvalue weighted by Gasteiger charge is -2.45. The van der Waals surface area contributed by atoms with Crippen LogP contribution in [-0.2, 0) is 16.4 Å². The Hall–Kier alpha value is -2.09. The molecular formula is C25H32N2O4S. The SMILES string of the molecule is O=S(=O)(CC1CC1)NCCOc1ccc2c(c1)C(Cc1ccccc1)C(N1CCC1)CO2. The van der Waals surface area contributed by atoms with E-state index in [-0.39, 0.29) is 12.3 Å². The van der Waals surface area contributed by atoms with Crippen LogP contribution in [0.25, 0.3) is 0 Å². The summed E-state index contributed by atoms with van der Waals surface area (Å²) in [5.74, 6) is 2.61. The van der Waals surface area contributed by atoms with Crippen LogP contribution in [0.3, 0.4) is 0 Å². The van der Waals surface area contributed by atoms with Crippen LogP contribution in [0, 0.1) is 5.92 Å². The zero-order valence-corrected chi connectivity index (χ0v) is 19.2. The van der Waals surface area contributed by atoms with E-state index in [0.29, 0.717) is 31.1 Å². The van der Waals surface area contributed by atoms with E-state index in [9.17, 15) is 8.42 Å². The Morgan fingerprint density at radius 3 is 2.62 bits per heavy atom. The molecule has 0 aromatic heterocycles. The highest BCUT2D eigenvalue weighted by atomic mass is 32.2. The fourth-order valence-corrected chi connectivity index (χ4v) is 6.17. The summed E-state index contributed by atoms with van der Waals surface area (Å²) < 4.78 is 38.8. The Balaban J connectivity index is 1.27. The second kappa shape index (κ2) is 9.41. The predicted molar refractivity (Wildman–Crippen MR) is 125 cm³/mol. The van der Waals surface area contributed by atoms with E-state index < -0.39 is 10.0 Å². The first kappa shape index (κ1) is 21.7. The van der Waals surface area contributed by atoms with Gasteiger partial charge < -0.3 is 9.47 Å². The smallest absolute Gasteiger partial charge is 0.211 e. The topological polar surface area (TPSA) is 67.9 Å². The normalized spacial score (nSPS) is 23.1. The third kappa shape index (κ3) is 5.27. The van der Waals surface area contributed by atoms with Crippen molar-refractivity contribution >= 4 is 10.0 Å². The van der Waals surface area contributed by atoms with Crippen molar-refractivity contribution in [3.05, 3.63) is 59.7 Å². The number of likely N-dealkylation sites (tertiary alicyclic amines) is 1. The Bertz CT molecular complexity index is 1020. The molecule has 2 unspecified atom stereocenters. The molecule has 0 spiro atoms. The number of hydrogen-bond acceptors (Lipinski definition) is 5. The monoisotopic (exact) mass is 456 g/mol. The zero-order chi connectivity index (χ0) is 22.0. The molecule has 2 atom stereocenters. The summed E-state index contributed by atoms with van der Waals surface area (Å²) in [6.07, 6.45) is 4.26. The van der Waals surface area contributed by atoms with Gasteiger partial charge in [-0.2, -0.15) is 0 Å². The highest BCUT2D eigenvalue weighted by molar-refractivity contribution is 7.89. The van der Waals surface area contributed by atoms with Crippen LogP contribution in [0.5, 0.6) is 11.5 Å². The van der Waals surface area contributed by atoms with Gasteiger partial charge in [0.1, 0.15) is 24.7 Å². The number of fused-ring (bicyclic) bond motifs is 1. The van der Waals surface area contributed by atoms with Crippen molar-refractivity contribution in [3.8, 4) is 11.5 Å². The van der Waals surface area contributed by atoms with Gasteiger partial charge in [-0.25, -0.2) is 13.1 Å². The van der Waals surface area contributed by atoms with E-state index in [1.807, 2.05) is 12.1 Å². The lowest BCUT2D eigenvalue weighted by atomic mass is 9.82. The molecule has 0 amide bonds. The minimum Gasteiger partial charge on any atom is -0.492 e. The highest BCUT2D eigenvalue weighted by Gasteiger charge is 2.37. The number of hydrogen-bond donors (Lipinski definition) is 1. The first-order valence-electron chi connectivity index (χ1n) is 11.7. The molecule has 32 heavy (non-hydrogen) atoms. The van der Waals surface area contributed by atoms with Crippen molar-refractivity contribution in [2.45, 2.75) is 37.6 Å². The number of rotatable bonds is 10. The molecule has 172 valence electrons. The van der Waals surface area contributed by atoms with Crippen LogP contribution in [0.15, 0.2) is 48.5 Å². The Labute approximate surface area is 191 Å². The van der Waals surface area contributed by atoms with Gasteiger partial charge in [0.15, 0.2) is 0 Å². The number of benzene rings is 2. The van der Waals surface area contributed by atoms with Gasteiger partial charge in [-0.05, 0) is 68.5 Å². The molecule has 0 radical (unpaired) electrons. The molecule has 2 heterocycles. The summed E-state index contributed by atoms with van der Waals surface area (Å²) in [5, 5.41) is 0. The van der Waals surface area contributed by atoms with Gasteiger partial charge in [-0.3, -0.25) is 4.90 Å². The minimum atomic E-state index is -3.20. The molecule has 2 fully saturated rings. The fraction of sp³-hybridized carbons (Fsp3) is 0.520. The van der Waals surface area contributed by atoms with Crippen LogP contribution in [-0.4, -0.2) is 58.0 Å². The summed E-state index contributed by atoms with van der Waals surface area (Å²) >= 11 is 0. The number of nitrogens with zero attached hydrogens (tertiary/aromatic N) is 1. The predicted octanol–water partition coefficient (Wildman–Crippen LogP) is 3.19. The van der Waals surface area contributed by atoms with Crippen LogP contribution in [0.4, 0.5) is 0 Å². The molecule has 1 N–H and O–H groups in total. The van der Waals surface area contributed by atoms with Crippen molar-refractivity contribution in [2.24, 2.45) is 5.92 Å². The van der Waals surface area contributed by atoms with Crippen molar-refractivity contribution < 1.29 is 17.9 Å². The molecular weight excluding hydrogens is 424 g/mol. The molecule has 5 rings (SSSR count). The summed E-state index contributed by atoms with van der Waals surface area (Å²) in [6.45, 7) is 3.57. The second-order valence-corrected chi connectivity index (χ2v) is 11.1. The largest absolute Gasteiger partial charge is 0.492 e. The second-order valence-electron chi connectivity index (χ2n) is 9.23. The third-order valence-corrected chi connectivity index (χ3v) is 8.31. The number of ether oxygens (including phenoxy) is 2.